The zero-order valence-electron chi connectivity index (χ0n) is 16.2. The molecular weight excluding hydrogens is 422 g/mol. The number of ether oxygens (including phenoxy) is 1. The molecule has 9 heteroatoms. The van der Waals surface area contributed by atoms with Crippen LogP contribution in [0.3, 0.4) is 0 Å². The molecule has 0 spiro atoms. The number of nitrogens with zero attached hydrogens (tertiary/aromatic N) is 2. The van der Waals surface area contributed by atoms with Gasteiger partial charge in [0.05, 0.1) is 18.5 Å². The monoisotopic (exact) mass is 441 g/mol. The van der Waals surface area contributed by atoms with Crippen molar-refractivity contribution in [2.45, 2.75) is 16.6 Å². The predicted octanol–water partition coefficient (Wildman–Crippen LogP) is 4.22. The van der Waals surface area contributed by atoms with Crippen molar-refractivity contribution in [3.05, 3.63) is 68.7 Å². The van der Waals surface area contributed by atoms with Gasteiger partial charge in [-0.3, -0.25) is 19.3 Å². The molecule has 0 radical (unpaired) electrons. The number of aromatic nitrogens is 2. The van der Waals surface area contributed by atoms with Crippen LogP contribution in [0.4, 0.5) is 5.69 Å². The van der Waals surface area contributed by atoms with E-state index in [1.807, 2.05) is 30.3 Å². The number of hydrogen-bond donors (Lipinski definition) is 3. The molecule has 2 aromatic carbocycles. The van der Waals surface area contributed by atoms with E-state index in [1.54, 1.807) is 30.9 Å². The van der Waals surface area contributed by atoms with Gasteiger partial charge in [0.1, 0.15) is 5.56 Å². The standard InChI is InChI=1S/C21H19N3O4S2/c1-24-20(27)18(19(26)23-21(24)29)13-10-17(11-7-8-14(25)15(9-11)28-2)30-16-6-4-3-5-12(16)22-13/h3-9,17,25,27H,10H2,1-2H3,(H,23,26,29)/t17-/m1/s1. The number of rotatable bonds is 3. The van der Waals surface area contributed by atoms with Crippen molar-refractivity contribution in [2.24, 2.45) is 12.0 Å². The number of phenols is 1. The Labute approximate surface area is 181 Å². The molecule has 0 fully saturated rings. The Morgan fingerprint density at radius 1 is 1.27 bits per heavy atom. The van der Waals surface area contributed by atoms with Gasteiger partial charge in [0.25, 0.3) is 5.56 Å². The summed E-state index contributed by atoms with van der Waals surface area (Å²) in [6.07, 6.45) is 0.376. The molecule has 1 aliphatic heterocycles. The summed E-state index contributed by atoms with van der Waals surface area (Å²) in [5.74, 6) is 0.192. The van der Waals surface area contributed by atoms with E-state index in [-0.39, 0.29) is 27.2 Å². The number of aliphatic imine (C=N–C) groups is 1. The van der Waals surface area contributed by atoms with Crippen LogP contribution >= 0.6 is 24.0 Å². The van der Waals surface area contributed by atoms with Crippen LogP contribution in [0.1, 0.15) is 22.8 Å². The zero-order chi connectivity index (χ0) is 21.4. The first-order chi connectivity index (χ1) is 14.4. The van der Waals surface area contributed by atoms with Crippen molar-refractivity contribution in [3.8, 4) is 17.4 Å². The summed E-state index contributed by atoms with van der Waals surface area (Å²) in [5, 5.41) is 20.5. The Hall–Kier alpha value is -3.04. The highest BCUT2D eigenvalue weighted by Gasteiger charge is 2.27. The summed E-state index contributed by atoms with van der Waals surface area (Å²) in [6, 6.07) is 12.8. The Morgan fingerprint density at radius 3 is 2.80 bits per heavy atom. The van der Waals surface area contributed by atoms with Crippen LogP contribution in [0, 0.1) is 4.77 Å². The third-order valence-electron chi connectivity index (χ3n) is 4.93. The van der Waals surface area contributed by atoms with Crippen LogP contribution in [-0.2, 0) is 7.05 Å². The van der Waals surface area contributed by atoms with Crippen LogP contribution < -0.4 is 10.3 Å². The van der Waals surface area contributed by atoms with Gasteiger partial charge in [-0.1, -0.05) is 18.2 Å². The van der Waals surface area contributed by atoms with E-state index in [2.05, 4.69) is 4.98 Å². The van der Waals surface area contributed by atoms with E-state index in [4.69, 9.17) is 21.9 Å². The molecule has 3 N–H and O–H groups in total. The van der Waals surface area contributed by atoms with Gasteiger partial charge in [-0.25, -0.2) is 0 Å². The molecule has 4 rings (SSSR count). The molecule has 1 atom stereocenters. The lowest BCUT2D eigenvalue weighted by molar-refractivity contribution is 0.373. The number of H-pyrrole nitrogens is 1. The van der Waals surface area contributed by atoms with Crippen LogP contribution in [0.2, 0.25) is 0 Å². The van der Waals surface area contributed by atoms with Gasteiger partial charge in [0.15, 0.2) is 16.3 Å². The maximum Gasteiger partial charge on any atom is 0.264 e. The number of aromatic amines is 1. The van der Waals surface area contributed by atoms with E-state index < -0.39 is 5.56 Å². The molecule has 2 heterocycles. The third-order valence-corrected chi connectivity index (χ3v) is 6.62. The van der Waals surface area contributed by atoms with E-state index in [0.29, 0.717) is 17.9 Å². The van der Waals surface area contributed by atoms with Crippen molar-refractivity contribution < 1.29 is 14.9 Å². The number of para-hydroxylation sites is 1. The van der Waals surface area contributed by atoms with Gasteiger partial charge in [0, 0.05) is 23.6 Å². The van der Waals surface area contributed by atoms with Crippen molar-refractivity contribution in [3.63, 3.8) is 0 Å². The average molecular weight is 442 g/mol. The summed E-state index contributed by atoms with van der Waals surface area (Å²) in [5.41, 5.74) is 1.68. The minimum absolute atomic E-state index is 0.0521. The average Bonchev–Trinajstić information content (AvgIpc) is 2.92. The van der Waals surface area contributed by atoms with E-state index >= 15 is 0 Å². The number of phenolic OH excluding ortho intramolecular Hbond substituents is 1. The fourth-order valence-corrected chi connectivity index (χ4v) is 4.72. The Kier molecular flexibility index (Phi) is 5.40. The van der Waals surface area contributed by atoms with Crippen molar-refractivity contribution >= 4 is 35.4 Å². The van der Waals surface area contributed by atoms with Crippen molar-refractivity contribution in [1.29, 1.82) is 0 Å². The number of methoxy groups -OCH3 is 1. The molecular formula is C21H19N3O4S2. The third kappa shape index (κ3) is 3.61. The van der Waals surface area contributed by atoms with Gasteiger partial charge >= 0.3 is 0 Å². The van der Waals surface area contributed by atoms with E-state index in [0.717, 1.165) is 16.1 Å². The summed E-state index contributed by atoms with van der Waals surface area (Å²) in [4.78, 5) is 21.0. The highest BCUT2D eigenvalue weighted by Crippen LogP contribution is 2.46. The molecule has 0 saturated heterocycles. The molecule has 0 unspecified atom stereocenters. The SMILES string of the molecule is COc1cc([C@H]2CC(c3c(O)n(C)c(=S)[nH]c3=O)=Nc3ccccc3S2)ccc1O. The van der Waals surface area contributed by atoms with Crippen LogP contribution in [0.5, 0.6) is 17.4 Å². The van der Waals surface area contributed by atoms with Gasteiger partial charge in [-0.05, 0) is 42.0 Å². The van der Waals surface area contributed by atoms with Gasteiger partial charge in [-0.15, -0.1) is 11.8 Å². The highest BCUT2D eigenvalue weighted by molar-refractivity contribution is 7.99. The summed E-state index contributed by atoms with van der Waals surface area (Å²) in [7, 11) is 3.08. The van der Waals surface area contributed by atoms with Crippen molar-refractivity contribution in [1.82, 2.24) is 9.55 Å². The minimum Gasteiger partial charge on any atom is -0.504 e. The zero-order valence-corrected chi connectivity index (χ0v) is 17.9. The lowest BCUT2D eigenvalue weighted by Crippen LogP contribution is -2.23. The second-order valence-corrected chi connectivity index (χ2v) is 8.42. The number of hydrogen-bond acceptors (Lipinski definition) is 7. The van der Waals surface area contributed by atoms with Gasteiger partial charge in [0.2, 0.25) is 5.88 Å². The quantitative estimate of drug-likeness (QED) is 0.526. The molecule has 3 aromatic rings. The molecule has 0 amide bonds. The van der Waals surface area contributed by atoms with E-state index in [1.165, 1.54) is 11.7 Å². The van der Waals surface area contributed by atoms with E-state index in [9.17, 15) is 15.0 Å². The Morgan fingerprint density at radius 2 is 2.03 bits per heavy atom. The molecule has 0 aliphatic carbocycles. The number of aromatic hydroxyl groups is 2. The van der Waals surface area contributed by atoms with Crippen molar-refractivity contribution in [2.75, 3.05) is 7.11 Å². The normalized spacial score (nSPS) is 15.8. The number of thioether (sulfide) groups is 1. The molecule has 154 valence electrons. The highest BCUT2D eigenvalue weighted by atomic mass is 32.2. The molecule has 1 aromatic heterocycles. The first-order valence-electron chi connectivity index (χ1n) is 9.12. The first-order valence-corrected chi connectivity index (χ1v) is 10.4. The second kappa shape index (κ2) is 8.00. The molecule has 0 saturated carbocycles. The lowest BCUT2D eigenvalue weighted by Gasteiger charge is -2.18. The topological polar surface area (TPSA) is 99.8 Å². The maximum atomic E-state index is 12.7. The summed E-state index contributed by atoms with van der Waals surface area (Å²) < 4.78 is 6.73. The van der Waals surface area contributed by atoms with Crippen LogP contribution in [0.25, 0.3) is 0 Å². The molecule has 1 aliphatic rings. The largest absolute Gasteiger partial charge is 0.504 e. The smallest absolute Gasteiger partial charge is 0.264 e. The number of nitrogens with one attached hydrogen (secondary N) is 1. The minimum atomic E-state index is -0.485. The summed E-state index contributed by atoms with van der Waals surface area (Å²) in [6.45, 7) is 0. The lowest BCUT2D eigenvalue weighted by atomic mass is 10.0. The Bertz CT molecular complexity index is 1280. The predicted molar refractivity (Wildman–Crippen MR) is 119 cm³/mol. The molecule has 30 heavy (non-hydrogen) atoms. The first kappa shape index (κ1) is 20.2. The number of fused-ring (bicyclic) bond motifs is 1. The van der Waals surface area contributed by atoms with Gasteiger partial charge < -0.3 is 14.9 Å². The fraction of sp³-hybridized carbons (Fsp3) is 0.190. The maximum absolute atomic E-state index is 12.7. The molecule has 7 nitrogen and oxygen atoms in total. The van der Waals surface area contributed by atoms with Crippen LogP contribution in [0.15, 0.2) is 57.1 Å². The second-order valence-electron chi connectivity index (χ2n) is 6.79. The van der Waals surface area contributed by atoms with Crippen LogP contribution in [-0.4, -0.2) is 32.6 Å². The number of benzene rings is 2. The fourth-order valence-electron chi connectivity index (χ4n) is 3.32. The summed E-state index contributed by atoms with van der Waals surface area (Å²) >= 11 is 6.68. The molecule has 0 bridgehead atoms. The Balaban J connectivity index is 1.90. The van der Waals surface area contributed by atoms with Gasteiger partial charge in [-0.2, -0.15) is 0 Å².